The fourth-order valence-electron chi connectivity index (χ4n) is 2.20. The Kier molecular flexibility index (Phi) is 4.45. The van der Waals surface area contributed by atoms with Crippen LogP contribution in [0.2, 0.25) is 0 Å². The molecule has 2 heterocycles. The van der Waals surface area contributed by atoms with Gasteiger partial charge in [0.05, 0.1) is 17.7 Å². The van der Waals surface area contributed by atoms with Crippen LogP contribution >= 0.6 is 15.9 Å². The molecule has 0 unspecified atom stereocenters. The lowest BCUT2D eigenvalue weighted by Gasteiger charge is -2.10. The molecule has 0 atom stereocenters. The summed E-state index contributed by atoms with van der Waals surface area (Å²) in [7, 11) is 0. The summed E-state index contributed by atoms with van der Waals surface area (Å²) in [5, 5.41) is 12.9. The number of fused-ring (bicyclic) bond motifs is 1. The van der Waals surface area contributed by atoms with Crippen molar-refractivity contribution in [1.82, 2.24) is 5.16 Å². The second-order valence-corrected chi connectivity index (χ2v) is 5.70. The molecule has 0 saturated carbocycles. The lowest BCUT2D eigenvalue weighted by Crippen LogP contribution is -1.97. The van der Waals surface area contributed by atoms with Crippen LogP contribution in [0.4, 0.5) is 0 Å². The molecular weight excluding hydrogens is 338 g/mol. The van der Waals surface area contributed by atoms with Crippen LogP contribution in [-0.4, -0.2) is 30.1 Å². The van der Waals surface area contributed by atoms with Gasteiger partial charge in [-0.3, -0.25) is 0 Å². The molecule has 21 heavy (non-hydrogen) atoms. The van der Waals surface area contributed by atoms with E-state index in [1.807, 2.05) is 18.2 Å². The number of aliphatic hydroxyl groups is 1. The predicted molar refractivity (Wildman–Crippen MR) is 80.7 cm³/mol. The van der Waals surface area contributed by atoms with Gasteiger partial charge in [-0.1, -0.05) is 5.16 Å². The lowest BCUT2D eigenvalue weighted by molar-refractivity contribution is 0.280. The van der Waals surface area contributed by atoms with Crippen molar-refractivity contribution in [2.45, 2.75) is 19.3 Å². The second-order valence-electron chi connectivity index (χ2n) is 4.84. The third-order valence-electron chi connectivity index (χ3n) is 3.24. The SMILES string of the molecule is OCCCc1cc(-c2cc(Br)c3c(c2)OCCCO3)no1. The standard InChI is InChI=1S/C15H16BrNO4/c16-12-7-10(8-14-15(12)20-6-2-5-19-14)13-9-11(21-17-13)3-1-4-18/h7-9,18H,1-6H2. The van der Waals surface area contributed by atoms with Crippen LogP contribution in [0, 0.1) is 0 Å². The molecule has 1 aromatic heterocycles. The van der Waals surface area contributed by atoms with Gasteiger partial charge in [0.1, 0.15) is 11.5 Å². The number of aryl methyl sites for hydroxylation is 1. The first-order valence-electron chi connectivity index (χ1n) is 6.94. The summed E-state index contributed by atoms with van der Waals surface area (Å²) in [4.78, 5) is 0. The minimum atomic E-state index is 0.144. The van der Waals surface area contributed by atoms with Gasteiger partial charge in [0.25, 0.3) is 0 Å². The molecule has 2 aromatic rings. The van der Waals surface area contributed by atoms with Gasteiger partial charge in [0.15, 0.2) is 11.5 Å². The average molecular weight is 354 g/mol. The topological polar surface area (TPSA) is 64.7 Å². The maximum absolute atomic E-state index is 8.85. The first-order valence-corrected chi connectivity index (χ1v) is 7.73. The number of benzene rings is 1. The molecule has 0 saturated heterocycles. The van der Waals surface area contributed by atoms with E-state index < -0.39 is 0 Å². The zero-order valence-electron chi connectivity index (χ0n) is 11.5. The number of aliphatic hydroxyl groups excluding tert-OH is 1. The summed E-state index contributed by atoms with van der Waals surface area (Å²) < 4.78 is 17.5. The molecule has 1 N–H and O–H groups in total. The molecule has 5 nitrogen and oxygen atoms in total. The van der Waals surface area contributed by atoms with Gasteiger partial charge >= 0.3 is 0 Å². The zero-order chi connectivity index (χ0) is 14.7. The van der Waals surface area contributed by atoms with Gasteiger partial charge in [-0.05, 0) is 34.5 Å². The highest BCUT2D eigenvalue weighted by Gasteiger charge is 2.17. The summed E-state index contributed by atoms with van der Waals surface area (Å²) in [5.74, 6) is 2.22. The molecule has 0 fully saturated rings. The largest absolute Gasteiger partial charge is 0.489 e. The van der Waals surface area contributed by atoms with Crippen LogP contribution in [0.3, 0.4) is 0 Å². The summed E-state index contributed by atoms with van der Waals surface area (Å²) in [6.07, 6.45) is 2.21. The summed E-state index contributed by atoms with van der Waals surface area (Å²) >= 11 is 3.52. The Bertz CT molecular complexity index is 626. The Labute approximate surface area is 131 Å². The third-order valence-corrected chi connectivity index (χ3v) is 3.83. The van der Waals surface area contributed by atoms with Crippen molar-refractivity contribution in [2.75, 3.05) is 19.8 Å². The molecular formula is C15H16BrNO4. The number of hydrogen-bond acceptors (Lipinski definition) is 5. The van der Waals surface area contributed by atoms with E-state index in [4.69, 9.17) is 19.1 Å². The highest BCUT2D eigenvalue weighted by molar-refractivity contribution is 9.10. The van der Waals surface area contributed by atoms with E-state index in [1.54, 1.807) is 0 Å². The minimum absolute atomic E-state index is 0.144. The highest BCUT2D eigenvalue weighted by atomic mass is 79.9. The first-order chi connectivity index (χ1) is 10.3. The molecule has 6 heteroatoms. The summed E-state index contributed by atoms with van der Waals surface area (Å²) in [5.41, 5.74) is 1.66. The van der Waals surface area contributed by atoms with Crippen LogP contribution < -0.4 is 9.47 Å². The van der Waals surface area contributed by atoms with E-state index in [2.05, 4.69) is 21.1 Å². The smallest absolute Gasteiger partial charge is 0.175 e. The van der Waals surface area contributed by atoms with Crippen LogP contribution in [0.1, 0.15) is 18.6 Å². The Morgan fingerprint density at radius 2 is 2.05 bits per heavy atom. The van der Waals surface area contributed by atoms with E-state index in [9.17, 15) is 0 Å². The number of hydrogen-bond donors (Lipinski definition) is 1. The summed E-state index contributed by atoms with van der Waals surface area (Å²) in [6, 6.07) is 5.75. The molecule has 0 amide bonds. The average Bonchev–Trinajstić information content (AvgIpc) is 2.82. The van der Waals surface area contributed by atoms with Gasteiger partial charge in [-0.25, -0.2) is 0 Å². The number of ether oxygens (including phenoxy) is 2. The molecule has 0 radical (unpaired) electrons. The van der Waals surface area contributed by atoms with Crippen molar-refractivity contribution >= 4 is 15.9 Å². The van der Waals surface area contributed by atoms with Crippen molar-refractivity contribution in [3.8, 4) is 22.8 Å². The number of aromatic nitrogens is 1. The van der Waals surface area contributed by atoms with Crippen molar-refractivity contribution in [3.63, 3.8) is 0 Å². The van der Waals surface area contributed by atoms with E-state index in [0.29, 0.717) is 26.1 Å². The van der Waals surface area contributed by atoms with Gasteiger partial charge in [-0.2, -0.15) is 0 Å². The Morgan fingerprint density at radius 3 is 2.90 bits per heavy atom. The van der Waals surface area contributed by atoms with Crippen molar-refractivity contribution in [1.29, 1.82) is 0 Å². The zero-order valence-corrected chi connectivity index (χ0v) is 13.1. The van der Waals surface area contributed by atoms with Gasteiger partial charge in [0, 0.05) is 31.1 Å². The van der Waals surface area contributed by atoms with Gasteiger partial charge < -0.3 is 19.1 Å². The van der Waals surface area contributed by atoms with Crippen molar-refractivity contribution < 1.29 is 19.1 Å². The van der Waals surface area contributed by atoms with E-state index >= 15 is 0 Å². The molecule has 1 aromatic carbocycles. The van der Waals surface area contributed by atoms with E-state index in [1.165, 1.54) is 0 Å². The van der Waals surface area contributed by atoms with E-state index in [0.717, 1.165) is 39.4 Å². The highest BCUT2D eigenvalue weighted by Crippen LogP contribution is 2.40. The van der Waals surface area contributed by atoms with Crippen molar-refractivity contribution in [3.05, 3.63) is 28.4 Å². The molecule has 1 aliphatic heterocycles. The first kappa shape index (κ1) is 14.4. The number of rotatable bonds is 4. The monoisotopic (exact) mass is 353 g/mol. The number of halogens is 1. The van der Waals surface area contributed by atoms with Gasteiger partial charge in [-0.15, -0.1) is 0 Å². The molecule has 0 aliphatic carbocycles. The lowest BCUT2D eigenvalue weighted by atomic mass is 10.1. The van der Waals surface area contributed by atoms with Crippen LogP contribution in [-0.2, 0) is 6.42 Å². The van der Waals surface area contributed by atoms with Gasteiger partial charge in [0.2, 0.25) is 0 Å². The van der Waals surface area contributed by atoms with Crippen molar-refractivity contribution in [2.24, 2.45) is 0 Å². The molecule has 1 aliphatic rings. The maximum Gasteiger partial charge on any atom is 0.175 e. The molecule has 0 bridgehead atoms. The quantitative estimate of drug-likeness (QED) is 0.914. The fraction of sp³-hybridized carbons (Fsp3) is 0.400. The Balaban J connectivity index is 1.90. The normalized spacial score (nSPS) is 14.0. The predicted octanol–water partition coefficient (Wildman–Crippen LogP) is 3.19. The Morgan fingerprint density at radius 1 is 1.19 bits per heavy atom. The van der Waals surface area contributed by atoms with E-state index in [-0.39, 0.29) is 6.61 Å². The molecule has 3 rings (SSSR count). The minimum Gasteiger partial charge on any atom is -0.489 e. The number of nitrogens with zero attached hydrogens (tertiary/aromatic N) is 1. The summed E-state index contributed by atoms with van der Waals surface area (Å²) in [6.45, 7) is 1.44. The Hall–Kier alpha value is -1.53. The van der Waals surface area contributed by atoms with Crippen LogP contribution in [0.25, 0.3) is 11.3 Å². The molecule has 112 valence electrons. The maximum atomic E-state index is 8.85. The second kappa shape index (κ2) is 6.49. The third kappa shape index (κ3) is 3.22. The molecule has 0 spiro atoms. The van der Waals surface area contributed by atoms with Crippen LogP contribution in [0.15, 0.2) is 27.2 Å². The fourth-order valence-corrected chi connectivity index (χ4v) is 2.76. The van der Waals surface area contributed by atoms with Crippen LogP contribution in [0.5, 0.6) is 11.5 Å².